The van der Waals surface area contributed by atoms with E-state index in [0.717, 1.165) is 154 Å². The summed E-state index contributed by atoms with van der Waals surface area (Å²) >= 11 is 0. The highest BCUT2D eigenvalue weighted by molar-refractivity contribution is 7.47. The Morgan fingerprint density at radius 1 is 0.240 bits per heavy atom. The van der Waals surface area contributed by atoms with Gasteiger partial charge in [-0.2, -0.15) is 0 Å². The Morgan fingerprint density at radius 3 is 0.694 bits per heavy atom. The van der Waals surface area contributed by atoms with E-state index >= 15 is 0 Å². The fraction of sp³-hybridized carbons (Fsp3) is 0.718. The summed E-state index contributed by atoms with van der Waals surface area (Å²) < 4.78 is 61.5. The minimum Gasteiger partial charge on any atom is -0.463 e. The summed E-state index contributed by atoms with van der Waals surface area (Å²) in [6.07, 6.45) is 122. The van der Waals surface area contributed by atoms with Crippen LogP contribution in [0.2, 0.25) is 0 Å². The summed E-state index contributed by atoms with van der Waals surface area (Å²) in [5.74, 6) is -1.57. The molecule has 121 heavy (non-hydrogen) atoms. The Morgan fingerprint density at radius 2 is 0.438 bits per heavy atom. The van der Waals surface area contributed by atoms with E-state index in [1.54, 1.807) is 0 Å². The van der Waals surface area contributed by atoms with Gasteiger partial charge in [-0.15, -0.1) is 0 Å². The largest absolute Gasteiger partial charge is 0.472 e. The predicted octanol–water partition coefficient (Wildman–Crippen LogP) is 30.5. The molecule has 0 saturated carbocycles. The Balaban J connectivity index is 4.50. The van der Waals surface area contributed by atoms with Gasteiger partial charge in [0, 0.05) is 19.3 Å². The maximum Gasteiger partial charge on any atom is 0.472 e. The van der Waals surface area contributed by atoms with Gasteiger partial charge in [-0.1, -0.05) is 403 Å². The Hall–Kier alpha value is -4.83. The summed E-state index contributed by atoms with van der Waals surface area (Å²) in [5, 5.41) is 20.8. The molecule has 4 N–H and O–H groups in total. The molecule has 0 spiro atoms. The summed E-state index contributed by atoms with van der Waals surface area (Å²) in [7, 11) is -9.81. The van der Waals surface area contributed by atoms with Crippen LogP contribution in [0.3, 0.4) is 0 Å². The van der Waals surface area contributed by atoms with Crippen LogP contribution in [0, 0.1) is 0 Å². The van der Waals surface area contributed by atoms with Crippen molar-refractivity contribution >= 4 is 33.6 Å². The number of esters is 3. The molecule has 0 aliphatic rings. The number of aliphatic hydroxyl groups is 2. The van der Waals surface area contributed by atoms with Crippen molar-refractivity contribution in [3.05, 3.63) is 158 Å². The zero-order valence-electron chi connectivity index (χ0n) is 76.9. The predicted molar refractivity (Wildman–Crippen MR) is 509 cm³/mol. The van der Waals surface area contributed by atoms with Crippen LogP contribution in [0.1, 0.15) is 419 Å². The van der Waals surface area contributed by atoms with Crippen molar-refractivity contribution in [2.45, 2.75) is 437 Å². The van der Waals surface area contributed by atoms with Gasteiger partial charge in [0.05, 0.1) is 26.4 Å². The van der Waals surface area contributed by atoms with E-state index < -0.39 is 91.5 Å². The topological polar surface area (TPSA) is 231 Å². The van der Waals surface area contributed by atoms with Gasteiger partial charge >= 0.3 is 33.6 Å². The minimum absolute atomic E-state index is 0.0889. The third-order valence-electron chi connectivity index (χ3n) is 20.7. The maximum absolute atomic E-state index is 13.1. The zero-order valence-corrected chi connectivity index (χ0v) is 78.7. The Labute approximate surface area is 740 Å². The van der Waals surface area contributed by atoms with E-state index in [1.807, 2.05) is 0 Å². The summed E-state index contributed by atoms with van der Waals surface area (Å²) in [6, 6.07) is 0. The van der Waals surface area contributed by atoms with Gasteiger partial charge in [0.2, 0.25) is 0 Å². The quantitative estimate of drug-likeness (QED) is 0.0146. The van der Waals surface area contributed by atoms with Crippen LogP contribution in [0.5, 0.6) is 0 Å². The molecule has 696 valence electrons. The van der Waals surface area contributed by atoms with Gasteiger partial charge < -0.3 is 34.2 Å². The van der Waals surface area contributed by atoms with Crippen molar-refractivity contribution in [3.8, 4) is 0 Å². The van der Waals surface area contributed by atoms with Gasteiger partial charge in [-0.3, -0.25) is 32.5 Å². The third-order valence-corrected chi connectivity index (χ3v) is 22.6. The molecule has 0 aromatic carbocycles. The molecule has 0 radical (unpaired) electrons. The SMILES string of the molecule is CC/C=C\C/C=C\C/C=C\C/C=C\C/C=C\C/C=C\CCCCCCCCCCCCCCCCCCC(=O)OCC(O)COP(=O)(O)OCC(O)COP(=O)(O)OCC(COC(=O)CCCCCCCCCCCCCCCCC/C=C\C/C=C\C/C=C\C/C=C\CCCCC)OC(=O)CCCCCCCC/C=C\C/C=C\C/C=C\CCCCC. The number of phosphoric acid groups is 2. The third kappa shape index (κ3) is 95.7. The van der Waals surface area contributed by atoms with Crippen LogP contribution in [0.4, 0.5) is 0 Å². The second-order valence-electron chi connectivity index (χ2n) is 32.5. The van der Waals surface area contributed by atoms with Crippen molar-refractivity contribution in [2.75, 3.05) is 39.6 Å². The summed E-state index contributed by atoms with van der Waals surface area (Å²) in [5.41, 5.74) is 0. The fourth-order valence-corrected chi connectivity index (χ4v) is 14.9. The molecule has 16 nitrogen and oxygen atoms in total. The highest BCUT2D eigenvalue weighted by atomic mass is 31.2. The number of hydrogen-bond donors (Lipinski definition) is 4. The van der Waals surface area contributed by atoms with E-state index in [2.05, 4.69) is 179 Å². The molecule has 5 atom stereocenters. The molecular formula is C103H178O16P2. The van der Waals surface area contributed by atoms with Crippen molar-refractivity contribution in [1.29, 1.82) is 0 Å². The standard InChI is InChI=1S/C103H178O16P2/c1-4-7-10-13-16-19-22-25-28-31-34-36-38-40-42-44-46-47-48-49-51-53-54-56-58-60-63-65-68-71-74-77-80-83-86-89-101(106)113-92-98(104)93-115-120(109,110)116-94-99(105)95-117-121(111,112)118-97-100(119-103(108)91-88-85-82-79-76-73-70-67-62-33-30-27-24-21-18-15-12-9-6-3)96-114-102(107)90-87-84-81-78-75-72-69-66-64-61-59-57-55-52-50-45-43-41-39-37-35-32-29-26-23-20-17-14-11-8-5-2/h7,10,16-21,25-30,34-37,40-43,46-47,62,67,98-100,104-105H,4-6,8-9,11-15,22-24,31-33,38-39,44-45,48-61,63-66,68-97H2,1-3H3,(H,109,110)(H,111,112)/b10-7-,19-16-,20-17-,21-18-,28-25-,29-26-,30-27-,36-34-,37-35-,42-40-,43-41-,47-46-,67-62-. The second-order valence-corrected chi connectivity index (χ2v) is 35.4. The lowest BCUT2D eigenvalue weighted by Crippen LogP contribution is -2.30. The number of carbonyl (C=O) groups excluding carboxylic acids is 3. The second kappa shape index (κ2) is 94.3. The molecule has 0 aromatic heterocycles. The highest BCUT2D eigenvalue weighted by Crippen LogP contribution is 2.45. The molecule has 0 amide bonds. The lowest BCUT2D eigenvalue weighted by molar-refractivity contribution is -0.161. The zero-order chi connectivity index (χ0) is 87.9. The van der Waals surface area contributed by atoms with Crippen LogP contribution >= 0.6 is 15.6 Å². The van der Waals surface area contributed by atoms with E-state index in [4.69, 9.17) is 32.3 Å². The maximum atomic E-state index is 13.1. The molecule has 18 heteroatoms. The average Bonchev–Trinajstić information content (AvgIpc) is 0.895. The van der Waals surface area contributed by atoms with Crippen molar-refractivity contribution in [1.82, 2.24) is 0 Å². The molecule has 0 fully saturated rings. The lowest BCUT2D eigenvalue weighted by atomic mass is 10.0. The summed E-state index contributed by atoms with van der Waals surface area (Å²) in [4.78, 5) is 59.1. The summed E-state index contributed by atoms with van der Waals surface area (Å²) in [6.45, 7) is 2.56. The number of carbonyl (C=O) groups is 3. The monoisotopic (exact) mass is 1730 g/mol. The van der Waals surface area contributed by atoms with E-state index in [1.165, 1.54) is 205 Å². The number of allylic oxidation sites excluding steroid dienone is 26. The number of unbranched alkanes of at least 4 members (excludes halogenated alkanes) is 43. The lowest BCUT2D eigenvalue weighted by Gasteiger charge is -2.21. The molecule has 0 saturated heterocycles. The normalized spacial score (nSPS) is 14.4. The van der Waals surface area contributed by atoms with Gasteiger partial charge in [0.1, 0.15) is 25.4 Å². The van der Waals surface area contributed by atoms with Gasteiger partial charge in [0.15, 0.2) is 6.10 Å². The number of aliphatic hydroxyl groups excluding tert-OH is 2. The number of rotatable bonds is 92. The Kier molecular flexibility index (Phi) is 90.5. The molecule has 0 aliphatic heterocycles. The molecule has 0 heterocycles. The van der Waals surface area contributed by atoms with E-state index in [9.17, 15) is 43.5 Å². The van der Waals surface area contributed by atoms with Crippen molar-refractivity contribution in [3.63, 3.8) is 0 Å². The minimum atomic E-state index is -4.95. The number of hydrogen-bond acceptors (Lipinski definition) is 14. The highest BCUT2D eigenvalue weighted by Gasteiger charge is 2.30. The van der Waals surface area contributed by atoms with Gasteiger partial charge in [-0.25, -0.2) is 9.13 Å². The molecule has 5 unspecified atom stereocenters. The van der Waals surface area contributed by atoms with Crippen molar-refractivity contribution in [2.24, 2.45) is 0 Å². The first-order chi connectivity index (χ1) is 59.2. The fourth-order valence-electron chi connectivity index (χ4n) is 13.3. The molecule has 0 rings (SSSR count). The van der Waals surface area contributed by atoms with Gasteiger partial charge in [-0.05, 0) is 154 Å². The Bertz CT molecular complexity index is 2830. The van der Waals surface area contributed by atoms with E-state index in [-0.39, 0.29) is 19.3 Å². The van der Waals surface area contributed by atoms with Crippen molar-refractivity contribution < 1.29 is 75.8 Å². The van der Waals surface area contributed by atoms with Crippen LogP contribution in [-0.4, -0.2) is 95.9 Å². The van der Waals surface area contributed by atoms with Crippen LogP contribution in [0.25, 0.3) is 0 Å². The molecule has 0 aliphatic carbocycles. The van der Waals surface area contributed by atoms with Crippen LogP contribution < -0.4 is 0 Å². The molecule has 0 aromatic rings. The smallest absolute Gasteiger partial charge is 0.463 e. The van der Waals surface area contributed by atoms with Crippen LogP contribution in [-0.2, 0) is 55.8 Å². The number of phosphoric ester groups is 2. The van der Waals surface area contributed by atoms with Crippen LogP contribution in [0.15, 0.2) is 158 Å². The molecule has 0 bridgehead atoms. The first-order valence-corrected chi connectivity index (χ1v) is 51.8. The average molecular weight is 1730 g/mol. The molecular weight excluding hydrogens is 1560 g/mol. The van der Waals surface area contributed by atoms with Gasteiger partial charge in [0.25, 0.3) is 0 Å². The number of ether oxygens (including phenoxy) is 3. The first kappa shape index (κ1) is 116. The van der Waals surface area contributed by atoms with E-state index in [0.29, 0.717) is 19.3 Å². The first-order valence-electron chi connectivity index (χ1n) is 48.8.